The summed E-state index contributed by atoms with van der Waals surface area (Å²) in [5.74, 6) is 2.62. The summed E-state index contributed by atoms with van der Waals surface area (Å²) in [6, 6.07) is 71.4. The number of aliphatic carboxylic acids is 4. The molecule has 9 aromatic rings. The molecule has 26 nitrogen and oxygen atoms in total. The zero-order chi connectivity index (χ0) is 94.6. The molecular weight excluding hydrogens is 1650 g/mol. The average molecular weight is 1790 g/mol. The van der Waals surface area contributed by atoms with Crippen LogP contribution in [0.15, 0.2) is 224 Å². The molecule has 0 aliphatic carbocycles. The van der Waals surface area contributed by atoms with Gasteiger partial charge in [-0.3, -0.25) is 28.9 Å². The van der Waals surface area contributed by atoms with Crippen LogP contribution in [0.5, 0.6) is 63.2 Å². The number of nitrogens with zero attached hydrogens (tertiary/aromatic N) is 6. The van der Waals surface area contributed by atoms with Gasteiger partial charge >= 0.3 is 23.9 Å². The molecule has 5 aliphatic rings. The van der Waals surface area contributed by atoms with Gasteiger partial charge in [-0.2, -0.15) is 0 Å². The fourth-order valence-corrected chi connectivity index (χ4v) is 18.1. The molecule has 26 heteroatoms. The molecule has 0 bridgehead atoms. The lowest BCUT2D eigenvalue weighted by Gasteiger charge is -2.30. The molecule has 4 saturated heterocycles. The Morgan fingerprint density at radius 1 is 0.400 bits per heavy atom. The van der Waals surface area contributed by atoms with E-state index in [0.717, 1.165) is 131 Å². The topological polar surface area (TPSA) is 284 Å². The number of likely N-dealkylation sites (N-methyl/N-ethyl adjacent to an activating group) is 3. The summed E-state index contributed by atoms with van der Waals surface area (Å²) in [5, 5.41) is 39.3. The van der Waals surface area contributed by atoms with Crippen LogP contribution in [0.25, 0.3) is 0 Å². The first-order chi connectivity index (χ1) is 62.6. The molecule has 130 heavy (non-hydrogen) atoms. The Hall–Kier alpha value is -12.1. The van der Waals surface area contributed by atoms with E-state index in [0.29, 0.717) is 48.3 Å². The van der Waals surface area contributed by atoms with Crippen LogP contribution in [-0.4, -0.2) is 250 Å². The number of fused-ring (bicyclic) bond motifs is 1. The van der Waals surface area contributed by atoms with Gasteiger partial charge in [0, 0.05) is 91.8 Å². The van der Waals surface area contributed by atoms with Crippen molar-refractivity contribution in [2.45, 2.75) is 121 Å². The Morgan fingerprint density at radius 3 is 1.12 bits per heavy atom. The Kier molecular flexibility index (Phi) is 41.3. The number of para-hydroxylation sites is 5. The summed E-state index contributed by atoms with van der Waals surface area (Å²) < 4.78 is 59.4. The van der Waals surface area contributed by atoms with Crippen molar-refractivity contribution in [3.63, 3.8) is 0 Å². The molecule has 0 unspecified atom stereocenters. The number of unbranched alkanes of at least 4 members (excludes halogenated alkanes) is 1. The quantitative estimate of drug-likeness (QED) is 0.0294. The van der Waals surface area contributed by atoms with Crippen molar-refractivity contribution < 1.29 is 101 Å². The maximum Gasteiger partial charge on any atom is 0.308 e. The van der Waals surface area contributed by atoms with Crippen molar-refractivity contribution in [1.82, 2.24) is 19.6 Å². The lowest BCUT2D eigenvalue weighted by molar-refractivity contribution is -0.884. The number of benzene rings is 9. The predicted octanol–water partition coefficient (Wildman–Crippen LogP) is 17.1. The maximum atomic E-state index is 14.3. The van der Waals surface area contributed by atoms with Crippen molar-refractivity contribution in [3.8, 4) is 63.2 Å². The molecule has 0 saturated carbocycles. The maximum absolute atomic E-state index is 14.3. The first kappa shape index (κ1) is 103. The minimum atomic E-state index is -0.935. The van der Waals surface area contributed by atoms with Crippen molar-refractivity contribution in [2.75, 3.05) is 157 Å². The number of amides is 1. The van der Waals surface area contributed by atoms with Gasteiger partial charge in [-0.15, -0.1) is 0 Å². The molecule has 0 aromatic heterocycles. The standard InChI is InChI=1S/C38H49N3O8.3C15H21NO3.3C7H8O/c1-7-8-17-40(28-13-11-12-26(19-28)24-41(2,3)4)35(42)23-39-22-29(27-20-33(46-6)37-34(21-27)48-25-49-37)36(38(43)44)30(39)16-18-47-32-15-10-9-14-31(32)45-5;3*1-4-13-14(15(17)18)12(9-16(13)2)10-5-7-11(19-3)8-6-10;3*1-8-7-5-3-2-4-6-7/h9-15,19-21,29-30,36H,7-8,16-18,22-25H2,1-6H3;3*5-8,12-14H,4,9H2,1-3H3,(H,17,18);3*2-6H,1H3/p+1/t29-,30+,36-;3*12-,13+,14-;;;/m1111.../s1. The molecule has 1 amide bonds. The third-order valence-electron chi connectivity index (χ3n) is 24.5. The first-order valence-electron chi connectivity index (χ1n) is 44.4. The predicted molar refractivity (Wildman–Crippen MR) is 507 cm³/mol. The van der Waals surface area contributed by atoms with Crippen LogP contribution in [0, 0.1) is 23.7 Å². The van der Waals surface area contributed by atoms with Gasteiger partial charge < -0.3 is 96.6 Å². The lowest BCUT2D eigenvalue weighted by atomic mass is 9.84. The monoisotopic (exact) mass is 1790 g/mol. The zero-order valence-corrected chi connectivity index (χ0v) is 78.9. The van der Waals surface area contributed by atoms with Crippen LogP contribution < -0.4 is 57.0 Å². The number of quaternary nitrogens is 1. The van der Waals surface area contributed by atoms with Crippen LogP contribution in [0.4, 0.5) is 5.69 Å². The molecular formula is C104H137N6O20+. The Balaban J connectivity index is 0.000000212. The zero-order valence-electron chi connectivity index (χ0n) is 78.9. The summed E-state index contributed by atoms with van der Waals surface area (Å²) in [6.07, 6.45) is 4.75. The van der Waals surface area contributed by atoms with E-state index in [-0.39, 0.29) is 79.5 Å². The van der Waals surface area contributed by atoms with Gasteiger partial charge in [0.15, 0.2) is 23.0 Å². The fraction of sp³-hybridized carbons (Fsp3) is 0.433. The van der Waals surface area contributed by atoms with E-state index in [1.54, 1.807) is 56.9 Å². The first-order valence-corrected chi connectivity index (χ1v) is 44.4. The Morgan fingerprint density at radius 2 is 0.769 bits per heavy atom. The molecule has 5 heterocycles. The fourth-order valence-electron chi connectivity index (χ4n) is 18.1. The number of carbonyl (C=O) groups is 5. The molecule has 702 valence electrons. The van der Waals surface area contributed by atoms with E-state index >= 15 is 0 Å². The number of anilines is 1. The molecule has 12 atom stereocenters. The number of ether oxygens (including phenoxy) is 11. The van der Waals surface area contributed by atoms with E-state index < -0.39 is 41.8 Å². The molecule has 0 radical (unpaired) electrons. The average Bonchev–Trinajstić information content (AvgIpc) is 1.61. The van der Waals surface area contributed by atoms with Gasteiger partial charge in [0.05, 0.1) is 115 Å². The number of likely N-dealkylation sites (tertiary alicyclic amines) is 4. The van der Waals surface area contributed by atoms with Crippen LogP contribution in [0.1, 0.15) is 118 Å². The van der Waals surface area contributed by atoms with Crippen molar-refractivity contribution in [1.29, 1.82) is 0 Å². The molecule has 5 aliphatic heterocycles. The van der Waals surface area contributed by atoms with Crippen molar-refractivity contribution >= 4 is 35.5 Å². The van der Waals surface area contributed by atoms with Crippen LogP contribution in [-0.2, 0) is 30.5 Å². The summed E-state index contributed by atoms with van der Waals surface area (Å²) >= 11 is 0. The second-order valence-electron chi connectivity index (χ2n) is 33.8. The molecule has 4 fully saturated rings. The van der Waals surface area contributed by atoms with Crippen molar-refractivity contribution in [2.24, 2.45) is 23.7 Å². The SMILES string of the molecule is CCCCN(C(=O)CN1C[C@H](c2cc(OC)c3c(c2)OCO3)[C@@H](C(=O)O)[C@@H]1CCOc1ccccc1OC)c1cccc(C[N+](C)(C)C)c1.CC[C@H]1[C@H](C(=O)O)[C@@H](c2ccc(OC)cc2)CN1C.CC[C@H]1[C@H](C(=O)O)[C@@H](c2ccc(OC)cc2)CN1C.CC[C@H]1[C@H](C(=O)O)[C@@H](c2ccc(OC)cc2)CN1C.COc1ccccc1.COc1ccccc1.COc1ccccc1. The summed E-state index contributed by atoms with van der Waals surface area (Å²) in [7, 11) is 25.5. The second kappa shape index (κ2) is 51.9. The van der Waals surface area contributed by atoms with Gasteiger partial charge in [0.25, 0.3) is 0 Å². The summed E-state index contributed by atoms with van der Waals surface area (Å²) in [4.78, 5) is 72.5. The van der Waals surface area contributed by atoms with Gasteiger partial charge in [-0.25, -0.2) is 0 Å². The number of methoxy groups -OCH3 is 8. The number of rotatable bonds is 31. The number of carboxylic acids is 4. The van der Waals surface area contributed by atoms with E-state index in [2.05, 4.69) is 54.9 Å². The van der Waals surface area contributed by atoms with Crippen LogP contribution in [0.3, 0.4) is 0 Å². The number of carbonyl (C=O) groups excluding carboxylic acids is 1. The van der Waals surface area contributed by atoms with E-state index in [1.807, 2.05) is 264 Å². The third-order valence-corrected chi connectivity index (χ3v) is 24.5. The highest BCUT2D eigenvalue weighted by Gasteiger charge is 2.50. The van der Waals surface area contributed by atoms with E-state index in [9.17, 15) is 44.4 Å². The summed E-state index contributed by atoms with van der Waals surface area (Å²) in [6.45, 7) is 12.8. The van der Waals surface area contributed by atoms with E-state index in [1.165, 1.54) is 0 Å². The lowest BCUT2D eigenvalue weighted by Crippen LogP contribution is -2.45. The molecule has 4 N–H and O–H groups in total. The minimum absolute atomic E-state index is 0.0540. The highest BCUT2D eigenvalue weighted by atomic mass is 16.7. The van der Waals surface area contributed by atoms with Crippen molar-refractivity contribution in [3.05, 3.63) is 252 Å². The highest BCUT2D eigenvalue weighted by Crippen LogP contribution is 2.49. The van der Waals surface area contributed by atoms with E-state index in [4.69, 9.17) is 52.1 Å². The molecule has 0 spiro atoms. The largest absolute Gasteiger partial charge is 0.497 e. The van der Waals surface area contributed by atoms with Gasteiger partial charge in [-0.05, 0) is 185 Å². The minimum Gasteiger partial charge on any atom is -0.497 e. The smallest absolute Gasteiger partial charge is 0.308 e. The molecule has 9 aromatic carbocycles. The number of hydrogen-bond acceptors (Lipinski definition) is 20. The highest BCUT2D eigenvalue weighted by molar-refractivity contribution is 5.95. The number of carboxylic acid groups (broad SMARTS) is 4. The normalized spacial score (nSPS) is 20.7. The molecule has 14 rings (SSSR count). The Labute approximate surface area is 768 Å². The summed E-state index contributed by atoms with van der Waals surface area (Å²) in [5.41, 5.74) is 6.00. The van der Waals surface area contributed by atoms with Gasteiger partial charge in [0.1, 0.15) is 41.0 Å². The van der Waals surface area contributed by atoms with Gasteiger partial charge in [0.2, 0.25) is 18.4 Å². The van der Waals surface area contributed by atoms with Crippen LogP contribution >= 0.6 is 0 Å². The second-order valence-corrected chi connectivity index (χ2v) is 33.8. The number of hydrogen-bond donors (Lipinski definition) is 4. The third kappa shape index (κ3) is 29.0. The van der Waals surface area contributed by atoms with Gasteiger partial charge in [-0.1, -0.05) is 149 Å². The van der Waals surface area contributed by atoms with Crippen LogP contribution in [0.2, 0.25) is 0 Å². The Bertz CT molecular complexity index is 4600.